The SMILES string of the molecule is CCC(C)C(NC(=O)C(CCCCN)NC(=O)C(NC(=O)C(N)C(C)O)C(C)C)C(=O)O. The number of carbonyl (C=O) groups excluding carboxylic acids is 3. The number of carbonyl (C=O) groups is 4. The topological polar surface area (TPSA) is 197 Å². The van der Waals surface area contributed by atoms with Crippen LogP contribution in [0.1, 0.15) is 60.3 Å². The zero-order valence-corrected chi connectivity index (χ0v) is 19.8. The van der Waals surface area contributed by atoms with Crippen LogP contribution in [0.2, 0.25) is 0 Å². The molecule has 0 aliphatic rings. The van der Waals surface area contributed by atoms with E-state index < -0.39 is 54.0 Å². The van der Waals surface area contributed by atoms with Crippen molar-refractivity contribution in [2.75, 3.05) is 6.54 Å². The number of carboxylic acid groups (broad SMARTS) is 1. The molecule has 11 nitrogen and oxygen atoms in total. The van der Waals surface area contributed by atoms with Crippen molar-refractivity contribution in [1.29, 1.82) is 0 Å². The van der Waals surface area contributed by atoms with Gasteiger partial charge in [-0.3, -0.25) is 14.4 Å². The van der Waals surface area contributed by atoms with Crippen LogP contribution in [0, 0.1) is 11.8 Å². The second-order valence-corrected chi connectivity index (χ2v) is 8.55. The summed E-state index contributed by atoms with van der Waals surface area (Å²) < 4.78 is 0. The summed E-state index contributed by atoms with van der Waals surface area (Å²) in [5.74, 6) is -3.70. The minimum atomic E-state index is -1.21. The fourth-order valence-electron chi connectivity index (χ4n) is 2.96. The number of carboxylic acids is 1. The smallest absolute Gasteiger partial charge is 0.326 e. The van der Waals surface area contributed by atoms with Gasteiger partial charge in [0.2, 0.25) is 17.7 Å². The zero-order chi connectivity index (χ0) is 25.0. The Morgan fingerprint density at radius 2 is 1.44 bits per heavy atom. The summed E-state index contributed by atoms with van der Waals surface area (Å²) in [5.41, 5.74) is 11.2. The van der Waals surface area contributed by atoms with Crippen molar-refractivity contribution in [3.8, 4) is 0 Å². The van der Waals surface area contributed by atoms with Crippen LogP contribution in [0.5, 0.6) is 0 Å². The summed E-state index contributed by atoms with van der Waals surface area (Å²) in [6.07, 6.45) is 0.872. The van der Waals surface area contributed by atoms with Crippen molar-refractivity contribution in [3.63, 3.8) is 0 Å². The van der Waals surface area contributed by atoms with E-state index in [9.17, 15) is 29.4 Å². The molecular weight excluding hydrogens is 418 g/mol. The Kier molecular flexibility index (Phi) is 13.7. The fraction of sp³-hybridized carbons (Fsp3) is 0.810. The van der Waals surface area contributed by atoms with E-state index in [1.807, 2.05) is 6.92 Å². The monoisotopic (exact) mass is 459 g/mol. The average molecular weight is 460 g/mol. The molecule has 6 atom stereocenters. The van der Waals surface area contributed by atoms with Crippen LogP contribution in [-0.2, 0) is 19.2 Å². The van der Waals surface area contributed by atoms with Crippen molar-refractivity contribution < 1.29 is 29.4 Å². The Balaban J connectivity index is 5.50. The van der Waals surface area contributed by atoms with Gasteiger partial charge in [-0.25, -0.2) is 4.79 Å². The van der Waals surface area contributed by atoms with E-state index in [0.717, 1.165) is 0 Å². The predicted molar refractivity (Wildman–Crippen MR) is 120 cm³/mol. The molecule has 6 unspecified atom stereocenters. The molecule has 0 radical (unpaired) electrons. The lowest BCUT2D eigenvalue weighted by molar-refractivity contribution is -0.144. The third kappa shape index (κ3) is 9.92. The van der Waals surface area contributed by atoms with Crippen LogP contribution < -0.4 is 27.4 Å². The normalized spacial score (nSPS) is 16.9. The highest BCUT2D eigenvalue weighted by molar-refractivity contribution is 5.94. The molecule has 0 bridgehead atoms. The van der Waals surface area contributed by atoms with E-state index in [-0.39, 0.29) is 18.3 Å². The van der Waals surface area contributed by atoms with Gasteiger partial charge in [-0.05, 0) is 44.6 Å². The minimum absolute atomic E-state index is 0.258. The van der Waals surface area contributed by atoms with E-state index in [1.54, 1.807) is 20.8 Å². The van der Waals surface area contributed by atoms with Gasteiger partial charge in [0, 0.05) is 0 Å². The maximum Gasteiger partial charge on any atom is 0.326 e. The highest BCUT2D eigenvalue weighted by Crippen LogP contribution is 2.11. The molecule has 0 saturated carbocycles. The van der Waals surface area contributed by atoms with Crippen molar-refractivity contribution in [2.45, 2.75) is 90.6 Å². The maximum atomic E-state index is 12.9. The molecule has 0 heterocycles. The van der Waals surface area contributed by atoms with Gasteiger partial charge in [-0.2, -0.15) is 0 Å². The summed E-state index contributed by atoms with van der Waals surface area (Å²) in [6, 6.07) is -4.30. The number of aliphatic hydroxyl groups is 1. The molecule has 0 aromatic carbocycles. The average Bonchev–Trinajstić information content (AvgIpc) is 2.72. The quantitative estimate of drug-likeness (QED) is 0.152. The number of nitrogens with one attached hydrogen (secondary N) is 3. The first-order chi connectivity index (χ1) is 14.9. The van der Waals surface area contributed by atoms with Crippen LogP contribution >= 0.6 is 0 Å². The molecule has 0 saturated heterocycles. The van der Waals surface area contributed by atoms with Gasteiger partial charge in [-0.15, -0.1) is 0 Å². The first kappa shape index (κ1) is 29.8. The summed E-state index contributed by atoms with van der Waals surface area (Å²) in [6.45, 7) is 8.74. The Morgan fingerprint density at radius 3 is 1.88 bits per heavy atom. The number of amides is 3. The molecule has 0 spiro atoms. The molecule has 186 valence electrons. The van der Waals surface area contributed by atoms with Gasteiger partial charge in [0.15, 0.2) is 0 Å². The number of aliphatic carboxylic acids is 1. The minimum Gasteiger partial charge on any atom is -0.480 e. The lowest BCUT2D eigenvalue weighted by Crippen LogP contribution is -2.59. The predicted octanol–water partition coefficient (Wildman–Crippen LogP) is -0.935. The number of hydrogen-bond acceptors (Lipinski definition) is 7. The van der Waals surface area contributed by atoms with Crippen LogP contribution in [0.4, 0.5) is 0 Å². The van der Waals surface area contributed by atoms with E-state index >= 15 is 0 Å². The molecule has 11 heteroatoms. The van der Waals surface area contributed by atoms with Gasteiger partial charge in [0.05, 0.1) is 6.10 Å². The second kappa shape index (κ2) is 14.8. The number of hydrogen-bond donors (Lipinski definition) is 7. The lowest BCUT2D eigenvalue weighted by Gasteiger charge is -2.28. The molecule has 0 rings (SSSR count). The third-order valence-corrected chi connectivity index (χ3v) is 5.43. The van der Waals surface area contributed by atoms with Crippen LogP contribution in [0.25, 0.3) is 0 Å². The summed E-state index contributed by atoms with van der Waals surface area (Å²) in [5, 5.41) is 26.6. The maximum absolute atomic E-state index is 12.9. The second-order valence-electron chi connectivity index (χ2n) is 8.55. The number of rotatable bonds is 15. The van der Waals surface area contributed by atoms with Gasteiger partial charge in [0.1, 0.15) is 24.2 Å². The molecular formula is C21H41N5O6. The van der Waals surface area contributed by atoms with Crippen LogP contribution in [-0.4, -0.2) is 70.7 Å². The van der Waals surface area contributed by atoms with Crippen LogP contribution in [0.3, 0.4) is 0 Å². The molecule has 0 fully saturated rings. The van der Waals surface area contributed by atoms with Gasteiger partial charge in [-0.1, -0.05) is 34.1 Å². The molecule has 0 aromatic rings. The highest BCUT2D eigenvalue weighted by atomic mass is 16.4. The van der Waals surface area contributed by atoms with Crippen molar-refractivity contribution in [2.24, 2.45) is 23.3 Å². The summed E-state index contributed by atoms with van der Waals surface area (Å²) >= 11 is 0. The summed E-state index contributed by atoms with van der Waals surface area (Å²) in [4.78, 5) is 49.6. The zero-order valence-electron chi connectivity index (χ0n) is 19.8. The third-order valence-electron chi connectivity index (χ3n) is 5.43. The van der Waals surface area contributed by atoms with Crippen molar-refractivity contribution >= 4 is 23.7 Å². The van der Waals surface area contributed by atoms with Gasteiger partial charge in [0.25, 0.3) is 0 Å². The largest absolute Gasteiger partial charge is 0.480 e. The van der Waals surface area contributed by atoms with E-state index in [4.69, 9.17) is 11.5 Å². The van der Waals surface area contributed by atoms with E-state index in [0.29, 0.717) is 25.8 Å². The Bertz CT molecular complexity index is 628. The molecule has 0 aliphatic carbocycles. The number of nitrogens with two attached hydrogens (primary N) is 2. The highest BCUT2D eigenvalue weighted by Gasteiger charge is 2.33. The van der Waals surface area contributed by atoms with E-state index in [1.165, 1.54) is 6.92 Å². The van der Waals surface area contributed by atoms with E-state index in [2.05, 4.69) is 16.0 Å². The Morgan fingerprint density at radius 1 is 0.875 bits per heavy atom. The van der Waals surface area contributed by atoms with Crippen molar-refractivity contribution in [3.05, 3.63) is 0 Å². The number of aliphatic hydroxyl groups excluding tert-OH is 1. The molecule has 0 aliphatic heterocycles. The number of unbranched alkanes of at least 4 members (excludes halogenated alkanes) is 1. The molecule has 9 N–H and O–H groups in total. The van der Waals surface area contributed by atoms with Gasteiger partial charge >= 0.3 is 5.97 Å². The standard InChI is InChI=1S/C21H41N5O6/c1-6-12(4)17(21(31)32)26-18(28)14(9-7-8-10-22)24-20(30)16(11(2)3)25-19(29)15(23)13(5)27/h11-17,27H,6-10,22-23H2,1-5H3,(H,24,30)(H,25,29)(H,26,28)(H,31,32). The molecule has 0 aromatic heterocycles. The van der Waals surface area contributed by atoms with Gasteiger partial charge < -0.3 is 37.6 Å². The lowest BCUT2D eigenvalue weighted by atomic mass is 9.98. The Labute approximate surface area is 190 Å². The van der Waals surface area contributed by atoms with Crippen LogP contribution in [0.15, 0.2) is 0 Å². The Hall–Kier alpha value is -2.24. The molecule has 32 heavy (non-hydrogen) atoms. The fourth-order valence-corrected chi connectivity index (χ4v) is 2.96. The summed E-state index contributed by atoms with van der Waals surface area (Å²) in [7, 11) is 0. The molecule has 3 amide bonds. The van der Waals surface area contributed by atoms with Crippen molar-refractivity contribution in [1.82, 2.24) is 16.0 Å². The first-order valence-electron chi connectivity index (χ1n) is 11.1. The first-order valence-corrected chi connectivity index (χ1v) is 11.1.